The third-order valence-corrected chi connectivity index (χ3v) is 2.50. The van der Waals surface area contributed by atoms with Gasteiger partial charge in [-0.05, 0) is 11.6 Å². The predicted octanol–water partition coefficient (Wildman–Crippen LogP) is 2.11. The lowest BCUT2D eigenvalue weighted by atomic mass is 10.1. The van der Waals surface area contributed by atoms with Gasteiger partial charge in [-0.1, -0.05) is 29.8 Å². The number of hydrogen-bond donors (Lipinski definition) is 1. The molecule has 80 valence electrons. The first-order chi connectivity index (χ1) is 7.79. The molecular formula is C11H9ClN4. The Labute approximate surface area is 97.9 Å². The van der Waals surface area contributed by atoms with Crippen molar-refractivity contribution < 1.29 is 0 Å². The molecular weight excluding hydrogens is 224 g/mol. The number of aromatic amines is 1. The predicted molar refractivity (Wildman–Crippen MR) is 60.0 cm³/mol. The molecule has 2 rings (SSSR count). The van der Waals surface area contributed by atoms with Crippen molar-refractivity contribution >= 4 is 11.6 Å². The molecule has 0 atom stereocenters. The molecule has 1 aromatic carbocycles. The second kappa shape index (κ2) is 4.77. The van der Waals surface area contributed by atoms with Crippen molar-refractivity contribution in [1.29, 1.82) is 5.26 Å². The molecule has 0 aliphatic rings. The monoisotopic (exact) mass is 232 g/mol. The van der Waals surface area contributed by atoms with E-state index in [1.807, 2.05) is 30.3 Å². The van der Waals surface area contributed by atoms with Gasteiger partial charge in [0.05, 0.1) is 12.5 Å². The number of nitrogens with zero attached hydrogens (tertiary/aromatic N) is 3. The van der Waals surface area contributed by atoms with E-state index in [1.54, 1.807) is 0 Å². The Bertz CT molecular complexity index is 527. The fourth-order valence-corrected chi connectivity index (χ4v) is 1.59. The molecule has 0 saturated heterocycles. The molecule has 1 heterocycles. The van der Waals surface area contributed by atoms with Crippen molar-refractivity contribution in [2.45, 2.75) is 12.8 Å². The van der Waals surface area contributed by atoms with Gasteiger partial charge in [0, 0.05) is 11.4 Å². The van der Waals surface area contributed by atoms with Gasteiger partial charge < -0.3 is 0 Å². The van der Waals surface area contributed by atoms with Crippen LogP contribution in [-0.2, 0) is 12.8 Å². The van der Waals surface area contributed by atoms with Gasteiger partial charge in [0.2, 0.25) is 0 Å². The maximum absolute atomic E-state index is 8.50. The van der Waals surface area contributed by atoms with Crippen LogP contribution >= 0.6 is 11.6 Å². The Morgan fingerprint density at radius 2 is 2.19 bits per heavy atom. The van der Waals surface area contributed by atoms with Crippen LogP contribution in [0.4, 0.5) is 0 Å². The van der Waals surface area contributed by atoms with Crippen LogP contribution in [-0.4, -0.2) is 15.2 Å². The van der Waals surface area contributed by atoms with Crippen molar-refractivity contribution in [3.63, 3.8) is 0 Å². The largest absolute Gasteiger partial charge is 0.263 e. The molecule has 0 saturated carbocycles. The Hall–Kier alpha value is -1.86. The number of nitrogens with one attached hydrogen (secondary N) is 1. The Morgan fingerprint density at radius 3 is 2.94 bits per heavy atom. The summed E-state index contributed by atoms with van der Waals surface area (Å²) in [5.41, 5.74) is 0.990. The van der Waals surface area contributed by atoms with Gasteiger partial charge in [-0.3, -0.25) is 5.10 Å². The zero-order valence-corrected chi connectivity index (χ0v) is 9.20. The van der Waals surface area contributed by atoms with Crippen LogP contribution in [0.25, 0.3) is 0 Å². The molecule has 0 aliphatic heterocycles. The Kier molecular flexibility index (Phi) is 3.18. The highest BCUT2D eigenvalue weighted by Crippen LogP contribution is 2.17. The summed E-state index contributed by atoms with van der Waals surface area (Å²) < 4.78 is 0. The fraction of sp³-hybridized carbons (Fsp3) is 0.182. The molecule has 4 nitrogen and oxygen atoms in total. The summed E-state index contributed by atoms with van der Waals surface area (Å²) in [6.45, 7) is 0. The number of hydrogen-bond acceptors (Lipinski definition) is 3. The van der Waals surface area contributed by atoms with Gasteiger partial charge in [0.1, 0.15) is 5.82 Å². The normalized spacial score (nSPS) is 10.0. The molecule has 0 radical (unpaired) electrons. The highest BCUT2D eigenvalue weighted by molar-refractivity contribution is 6.31. The van der Waals surface area contributed by atoms with E-state index in [0.29, 0.717) is 17.3 Å². The van der Waals surface area contributed by atoms with Crippen LogP contribution in [0, 0.1) is 11.3 Å². The maximum Gasteiger partial charge on any atom is 0.164 e. The zero-order chi connectivity index (χ0) is 11.4. The van der Waals surface area contributed by atoms with Gasteiger partial charge in [-0.25, -0.2) is 4.98 Å². The minimum Gasteiger partial charge on any atom is -0.263 e. The van der Waals surface area contributed by atoms with Crippen LogP contribution in [0.5, 0.6) is 0 Å². The fourth-order valence-electron chi connectivity index (χ4n) is 1.39. The van der Waals surface area contributed by atoms with Crippen LogP contribution in [0.15, 0.2) is 24.3 Å². The van der Waals surface area contributed by atoms with Crippen molar-refractivity contribution in [1.82, 2.24) is 15.2 Å². The highest BCUT2D eigenvalue weighted by atomic mass is 35.5. The summed E-state index contributed by atoms with van der Waals surface area (Å²) in [5.74, 6) is 1.24. The van der Waals surface area contributed by atoms with Crippen LogP contribution in [0.1, 0.15) is 17.2 Å². The minimum atomic E-state index is 0.221. The molecule has 0 amide bonds. The molecule has 1 N–H and O–H groups in total. The van der Waals surface area contributed by atoms with Crippen molar-refractivity contribution in [3.05, 3.63) is 46.5 Å². The smallest absolute Gasteiger partial charge is 0.164 e. The van der Waals surface area contributed by atoms with E-state index in [0.717, 1.165) is 11.4 Å². The van der Waals surface area contributed by atoms with E-state index >= 15 is 0 Å². The third kappa shape index (κ3) is 2.38. The van der Waals surface area contributed by atoms with Crippen LogP contribution < -0.4 is 0 Å². The third-order valence-electron chi connectivity index (χ3n) is 2.13. The number of H-pyrrole nitrogens is 1. The summed E-state index contributed by atoms with van der Waals surface area (Å²) >= 11 is 6.03. The molecule has 0 bridgehead atoms. The lowest BCUT2D eigenvalue weighted by Crippen LogP contribution is -1.92. The second-order valence-corrected chi connectivity index (χ2v) is 3.71. The van der Waals surface area contributed by atoms with E-state index in [-0.39, 0.29) is 6.42 Å². The zero-order valence-electron chi connectivity index (χ0n) is 8.44. The summed E-state index contributed by atoms with van der Waals surface area (Å²) in [6.07, 6.45) is 0.817. The maximum atomic E-state index is 8.50. The van der Waals surface area contributed by atoms with Crippen LogP contribution in [0.3, 0.4) is 0 Å². The average molecular weight is 233 g/mol. The number of halogens is 1. The van der Waals surface area contributed by atoms with Gasteiger partial charge in [-0.2, -0.15) is 10.4 Å². The first kappa shape index (κ1) is 10.7. The standard InChI is InChI=1S/C11H9ClN4/c12-9-4-2-1-3-8(9)7-11-14-10(5-6-13)15-16-11/h1-4H,5,7H2,(H,14,15,16). The van der Waals surface area contributed by atoms with Crippen molar-refractivity contribution in [2.75, 3.05) is 0 Å². The van der Waals surface area contributed by atoms with E-state index in [1.165, 1.54) is 0 Å². The van der Waals surface area contributed by atoms with Gasteiger partial charge in [-0.15, -0.1) is 0 Å². The number of aromatic nitrogens is 3. The van der Waals surface area contributed by atoms with E-state index < -0.39 is 0 Å². The van der Waals surface area contributed by atoms with E-state index in [2.05, 4.69) is 15.2 Å². The Morgan fingerprint density at radius 1 is 1.38 bits per heavy atom. The lowest BCUT2D eigenvalue weighted by Gasteiger charge is -1.99. The van der Waals surface area contributed by atoms with Gasteiger partial charge >= 0.3 is 0 Å². The van der Waals surface area contributed by atoms with Gasteiger partial charge in [0.15, 0.2) is 5.82 Å². The molecule has 0 fully saturated rings. The molecule has 2 aromatic rings. The second-order valence-electron chi connectivity index (χ2n) is 3.30. The summed E-state index contributed by atoms with van der Waals surface area (Å²) in [6, 6.07) is 9.58. The first-order valence-electron chi connectivity index (χ1n) is 4.80. The quantitative estimate of drug-likeness (QED) is 0.882. The minimum absolute atomic E-state index is 0.221. The summed E-state index contributed by atoms with van der Waals surface area (Å²) in [7, 11) is 0. The average Bonchev–Trinajstić information content (AvgIpc) is 2.70. The summed E-state index contributed by atoms with van der Waals surface area (Å²) in [5, 5.41) is 15.9. The SMILES string of the molecule is N#CCc1n[nH]c(Cc2ccccc2Cl)n1. The van der Waals surface area contributed by atoms with Crippen molar-refractivity contribution in [2.24, 2.45) is 0 Å². The van der Waals surface area contributed by atoms with Crippen LogP contribution in [0.2, 0.25) is 5.02 Å². The molecule has 1 aromatic heterocycles. The van der Waals surface area contributed by atoms with E-state index in [9.17, 15) is 0 Å². The molecule has 0 spiro atoms. The molecule has 16 heavy (non-hydrogen) atoms. The molecule has 0 unspecified atom stereocenters. The highest BCUT2D eigenvalue weighted by Gasteiger charge is 2.05. The van der Waals surface area contributed by atoms with Crippen molar-refractivity contribution in [3.8, 4) is 6.07 Å². The number of benzene rings is 1. The molecule has 0 aliphatic carbocycles. The Balaban J connectivity index is 2.15. The number of rotatable bonds is 3. The summed E-state index contributed by atoms with van der Waals surface area (Å²) in [4.78, 5) is 4.19. The first-order valence-corrected chi connectivity index (χ1v) is 5.18. The molecule has 5 heteroatoms. The van der Waals surface area contributed by atoms with Gasteiger partial charge in [0.25, 0.3) is 0 Å². The lowest BCUT2D eigenvalue weighted by molar-refractivity contribution is 0.964. The number of nitriles is 1. The van der Waals surface area contributed by atoms with E-state index in [4.69, 9.17) is 16.9 Å². The topological polar surface area (TPSA) is 65.4 Å².